The van der Waals surface area contributed by atoms with E-state index in [1.54, 1.807) is 25.2 Å². The second-order valence-corrected chi connectivity index (χ2v) is 5.56. The molecular formula is C16H14Cl2FNO2. The average molecular weight is 342 g/mol. The lowest BCUT2D eigenvalue weighted by Gasteiger charge is -2.18. The molecule has 0 aliphatic rings. The first-order valence-electron chi connectivity index (χ1n) is 6.55. The minimum absolute atomic E-state index is 0.202. The summed E-state index contributed by atoms with van der Waals surface area (Å²) >= 11 is 11.8. The van der Waals surface area contributed by atoms with Gasteiger partial charge in [0.2, 0.25) is 0 Å². The first-order valence-corrected chi connectivity index (χ1v) is 7.31. The van der Waals surface area contributed by atoms with Crippen LogP contribution < -0.4 is 4.74 Å². The molecule has 0 saturated carbocycles. The van der Waals surface area contributed by atoms with Crippen molar-refractivity contribution in [2.24, 2.45) is 0 Å². The number of ether oxygens (including phenoxy) is 1. The zero-order chi connectivity index (χ0) is 16.1. The largest absolute Gasteiger partial charge is 0.492 e. The highest BCUT2D eigenvalue weighted by molar-refractivity contribution is 6.35. The van der Waals surface area contributed by atoms with Crippen LogP contribution in [0.5, 0.6) is 5.75 Å². The molecule has 0 aliphatic carbocycles. The quantitative estimate of drug-likeness (QED) is 0.812. The molecule has 0 atom stereocenters. The Balaban J connectivity index is 1.89. The van der Waals surface area contributed by atoms with Crippen LogP contribution in [0.2, 0.25) is 10.0 Å². The molecule has 0 unspecified atom stereocenters. The summed E-state index contributed by atoms with van der Waals surface area (Å²) in [7, 11) is 1.66. The zero-order valence-corrected chi connectivity index (χ0v) is 13.4. The molecule has 2 aromatic rings. The molecule has 0 spiro atoms. The molecule has 2 rings (SSSR count). The first kappa shape index (κ1) is 16.6. The fourth-order valence-corrected chi connectivity index (χ4v) is 2.36. The van der Waals surface area contributed by atoms with Crippen LogP contribution in [-0.4, -0.2) is 31.0 Å². The normalized spacial score (nSPS) is 10.4. The maximum atomic E-state index is 12.8. The third kappa shape index (κ3) is 4.61. The van der Waals surface area contributed by atoms with Gasteiger partial charge in [0.15, 0.2) is 0 Å². The summed E-state index contributed by atoms with van der Waals surface area (Å²) in [5.74, 6) is 0.0256. The van der Waals surface area contributed by atoms with Gasteiger partial charge in [-0.25, -0.2) is 4.39 Å². The van der Waals surface area contributed by atoms with Gasteiger partial charge < -0.3 is 9.64 Å². The highest BCUT2D eigenvalue weighted by Gasteiger charge is 2.13. The minimum atomic E-state index is -0.322. The average Bonchev–Trinajstić information content (AvgIpc) is 2.47. The van der Waals surface area contributed by atoms with Crippen molar-refractivity contribution in [2.75, 3.05) is 20.2 Å². The summed E-state index contributed by atoms with van der Waals surface area (Å²) in [5, 5.41) is 0.818. The van der Waals surface area contributed by atoms with Crippen LogP contribution in [0.15, 0.2) is 42.5 Å². The van der Waals surface area contributed by atoms with E-state index in [0.29, 0.717) is 34.5 Å². The lowest BCUT2D eigenvalue weighted by Crippen LogP contribution is -2.30. The molecule has 22 heavy (non-hydrogen) atoms. The van der Waals surface area contributed by atoms with Crippen LogP contribution in [0.1, 0.15) is 10.4 Å². The smallest absolute Gasteiger partial charge is 0.253 e. The van der Waals surface area contributed by atoms with Crippen molar-refractivity contribution in [1.82, 2.24) is 4.90 Å². The first-order chi connectivity index (χ1) is 10.5. The van der Waals surface area contributed by atoms with E-state index < -0.39 is 0 Å². The Labute approximate surface area is 138 Å². The van der Waals surface area contributed by atoms with Gasteiger partial charge in [0.25, 0.3) is 5.91 Å². The number of benzene rings is 2. The summed E-state index contributed by atoms with van der Waals surface area (Å²) in [6.45, 7) is 0.669. The highest BCUT2D eigenvalue weighted by Crippen LogP contribution is 2.20. The number of hydrogen-bond donors (Lipinski definition) is 0. The maximum Gasteiger partial charge on any atom is 0.253 e. The fourth-order valence-electron chi connectivity index (χ4n) is 1.83. The number of hydrogen-bond acceptors (Lipinski definition) is 2. The summed E-state index contributed by atoms with van der Waals surface area (Å²) in [6.07, 6.45) is 0. The van der Waals surface area contributed by atoms with Gasteiger partial charge >= 0.3 is 0 Å². The highest BCUT2D eigenvalue weighted by atomic mass is 35.5. The summed E-state index contributed by atoms with van der Waals surface area (Å²) in [4.78, 5) is 13.7. The van der Waals surface area contributed by atoms with E-state index >= 15 is 0 Å². The number of carbonyl (C=O) groups is 1. The molecule has 3 nitrogen and oxygen atoms in total. The molecule has 0 aromatic heterocycles. The summed E-state index contributed by atoms with van der Waals surface area (Å²) < 4.78 is 18.2. The Morgan fingerprint density at radius 1 is 1.14 bits per heavy atom. The SMILES string of the molecule is CN(CCOc1ccc(F)cc1)C(=O)c1cc(Cl)cc(Cl)c1. The molecule has 6 heteroatoms. The lowest BCUT2D eigenvalue weighted by molar-refractivity contribution is 0.0774. The number of rotatable bonds is 5. The fraction of sp³-hybridized carbons (Fsp3) is 0.188. The standard InChI is InChI=1S/C16H14Cl2FNO2/c1-20(6-7-22-15-4-2-14(19)3-5-15)16(21)11-8-12(17)10-13(18)9-11/h2-5,8-10H,6-7H2,1H3. The molecule has 0 N–H and O–H groups in total. The Kier molecular flexibility index (Phi) is 5.63. The molecule has 0 radical (unpaired) electrons. The molecule has 0 bridgehead atoms. The number of nitrogens with zero attached hydrogens (tertiary/aromatic N) is 1. The topological polar surface area (TPSA) is 29.5 Å². The van der Waals surface area contributed by atoms with Gasteiger partial charge in [-0.1, -0.05) is 23.2 Å². The number of amides is 1. The molecule has 0 saturated heterocycles. The van der Waals surface area contributed by atoms with Gasteiger partial charge in [-0.2, -0.15) is 0 Å². The minimum Gasteiger partial charge on any atom is -0.492 e. The maximum absolute atomic E-state index is 12.8. The summed E-state index contributed by atoms with van der Waals surface area (Å²) in [5.41, 5.74) is 0.418. The molecule has 2 aromatic carbocycles. The molecule has 116 valence electrons. The van der Waals surface area contributed by atoms with E-state index in [2.05, 4.69) is 0 Å². The Bertz CT molecular complexity index is 641. The van der Waals surface area contributed by atoms with Crippen molar-refractivity contribution in [3.63, 3.8) is 0 Å². The van der Waals surface area contributed by atoms with Crippen molar-refractivity contribution in [2.45, 2.75) is 0 Å². The van der Waals surface area contributed by atoms with Crippen LogP contribution in [0.3, 0.4) is 0 Å². The van der Waals surface area contributed by atoms with Crippen LogP contribution >= 0.6 is 23.2 Å². The van der Waals surface area contributed by atoms with Crippen LogP contribution in [0, 0.1) is 5.82 Å². The van der Waals surface area contributed by atoms with Gasteiger partial charge in [-0.15, -0.1) is 0 Å². The second-order valence-electron chi connectivity index (χ2n) is 4.69. The van der Waals surface area contributed by atoms with E-state index in [-0.39, 0.29) is 11.7 Å². The number of halogens is 3. The Hall–Kier alpha value is -1.78. The Morgan fingerprint density at radius 3 is 2.32 bits per heavy atom. The Morgan fingerprint density at radius 2 is 1.73 bits per heavy atom. The van der Waals surface area contributed by atoms with E-state index in [1.165, 1.54) is 29.2 Å². The predicted octanol–water partition coefficient (Wildman–Crippen LogP) is 4.28. The van der Waals surface area contributed by atoms with Crippen LogP contribution in [0.25, 0.3) is 0 Å². The van der Waals surface area contributed by atoms with Gasteiger partial charge in [-0.05, 0) is 42.5 Å². The summed E-state index contributed by atoms with van der Waals surface area (Å²) in [6, 6.07) is 10.4. The van der Waals surface area contributed by atoms with Gasteiger partial charge in [0.1, 0.15) is 18.2 Å². The molecule has 0 aliphatic heterocycles. The van der Waals surface area contributed by atoms with Crippen LogP contribution in [-0.2, 0) is 0 Å². The van der Waals surface area contributed by atoms with Crippen molar-refractivity contribution in [3.05, 3.63) is 63.9 Å². The third-order valence-electron chi connectivity index (χ3n) is 2.97. The van der Waals surface area contributed by atoms with Crippen molar-refractivity contribution >= 4 is 29.1 Å². The molecule has 1 amide bonds. The molecule has 0 fully saturated rings. The van der Waals surface area contributed by atoms with E-state index in [0.717, 1.165) is 0 Å². The molecular weight excluding hydrogens is 328 g/mol. The number of carbonyl (C=O) groups excluding carboxylic acids is 1. The van der Waals surface area contributed by atoms with Gasteiger partial charge in [0.05, 0.1) is 6.54 Å². The second kappa shape index (κ2) is 7.47. The van der Waals surface area contributed by atoms with Gasteiger partial charge in [0, 0.05) is 22.7 Å². The van der Waals surface area contributed by atoms with E-state index in [4.69, 9.17) is 27.9 Å². The van der Waals surface area contributed by atoms with Gasteiger partial charge in [-0.3, -0.25) is 4.79 Å². The lowest BCUT2D eigenvalue weighted by atomic mass is 10.2. The van der Waals surface area contributed by atoms with E-state index in [1.807, 2.05) is 0 Å². The third-order valence-corrected chi connectivity index (χ3v) is 3.40. The molecule has 0 heterocycles. The van der Waals surface area contributed by atoms with E-state index in [9.17, 15) is 9.18 Å². The monoisotopic (exact) mass is 341 g/mol. The van der Waals surface area contributed by atoms with Crippen LogP contribution in [0.4, 0.5) is 4.39 Å². The zero-order valence-electron chi connectivity index (χ0n) is 11.9. The van der Waals surface area contributed by atoms with Crippen molar-refractivity contribution in [3.8, 4) is 5.75 Å². The van der Waals surface area contributed by atoms with Crippen molar-refractivity contribution in [1.29, 1.82) is 0 Å². The number of likely N-dealkylation sites (N-methyl/N-ethyl adjacent to an activating group) is 1. The van der Waals surface area contributed by atoms with Crippen molar-refractivity contribution < 1.29 is 13.9 Å². The predicted molar refractivity (Wildman–Crippen MR) is 85.3 cm³/mol.